The third-order valence-corrected chi connectivity index (χ3v) is 5.14. The summed E-state index contributed by atoms with van der Waals surface area (Å²) in [6.07, 6.45) is 6.51. The summed E-state index contributed by atoms with van der Waals surface area (Å²) in [6, 6.07) is 12.1. The van der Waals surface area contributed by atoms with Gasteiger partial charge >= 0.3 is 0 Å². The van der Waals surface area contributed by atoms with Crippen LogP contribution in [-0.2, 0) is 11.2 Å². The first-order chi connectivity index (χ1) is 12.8. The Morgan fingerprint density at radius 1 is 1.08 bits per heavy atom. The highest BCUT2D eigenvalue weighted by Crippen LogP contribution is 2.23. The molecule has 26 heavy (non-hydrogen) atoms. The van der Waals surface area contributed by atoms with E-state index in [1.807, 2.05) is 4.90 Å². The number of piperidine rings is 1. The van der Waals surface area contributed by atoms with E-state index in [4.69, 9.17) is 4.74 Å². The van der Waals surface area contributed by atoms with Gasteiger partial charge in [0.15, 0.2) is 0 Å². The van der Waals surface area contributed by atoms with Gasteiger partial charge in [0.05, 0.1) is 6.54 Å². The smallest absolute Gasteiger partial charge is 0.253 e. The third-order valence-electron chi connectivity index (χ3n) is 5.14. The topological polar surface area (TPSA) is 54.8 Å². The molecule has 0 bridgehead atoms. The maximum atomic E-state index is 12.5. The lowest BCUT2D eigenvalue weighted by Gasteiger charge is -2.32. The van der Waals surface area contributed by atoms with Gasteiger partial charge in [0.2, 0.25) is 5.90 Å². The van der Waals surface area contributed by atoms with Crippen LogP contribution in [0.2, 0.25) is 0 Å². The SMILES string of the molecule is O=C(c1ccncc1)N1CCC(Cc2ccc(C3=NCCO3)cc2)CC1. The van der Waals surface area contributed by atoms with Gasteiger partial charge < -0.3 is 9.64 Å². The lowest BCUT2D eigenvalue weighted by atomic mass is 9.89. The fraction of sp³-hybridized carbons (Fsp3) is 0.381. The molecular formula is C21H23N3O2. The number of carbonyl (C=O) groups excluding carboxylic acids is 1. The number of pyridine rings is 1. The summed E-state index contributed by atoms with van der Waals surface area (Å²) in [5.74, 6) is 1.51. The number of aromatic nitrogens is 1. The molecule has 1 aromatic carbocycles. The second-order valence-corrected chi connectivity index (χ2v) is 6.91. The quantitative estimate of drug-likeness (QED) is 0.853. The van der Waals surface area contributed by atoms with Crippen LogP contribution in [0.4, 0.5) is 0 Å². The van der Waals surface area contributed by atoms with Crippen molar-refractivity contribution >= 4 is 11.8 Å². The summed E-state index contributed by atoms with van der Waals surface area (Å²) >= 11 is 0. The Bertz CT molecular complexity index is 779. The van der Waals surface area contributed by atoms with E-state index in [1.165, 1.54) is 5.56 Å². The van der Waals surface area contributed by atoms with Crippen LogP contribution in [-0.4, -0.2) is 47.9 Å². The molecule has 2 aliphatic heterocycles. The minimum absolute atomic E-state index is 0.118. The van der Waals surface area contributed by atoms with E-state index in [0.717, 1.165) is 55.9 Å². The van der Waals surface area contributed by atoms with Gasteiger partial charge in [-0.1, -0.05) is 12.1 Å². The van der Waals surface area contributed by atoms with Crippen LogP contribution in [0.1, 0.15) is 34.3 Å². The van der Waals surface area contributed by atoms with Gasteiger partial charge in [-0.25, -0.2) is 4.99 Å². The van der Waals surface area contributed by atoms with Gasteiger partial charge in [-0.15, -0.1) is 0 Å². The molecule has 5 heteroatoms. The number of hydrogen-bond donors (Lipinski definition) is 0. The van der Waals surface area contributed by atoms with Crippen molar-refractivity contribution in [3.63, 3.8) is 0 Å². The number of nitrogens with zero attached hydrogens (tertiary/aromatic N) is 3. The molecule has 1 amide bonds. The second kappa shape index (κ2) is 7.68. The maximum Gasteiger partial charge on any atom is 0.253 e. The fourth-order valence-corrected chi connectivity index (χ4v) is 3.64. The van der Waals surface area contributed by atoms with Gasteiger partial charge in [-0.3, -0.25) is 9.78 Å². The summed E-state index contributed by atoms with van der Waals surface area (Å²) < 4.78 is 5.51. The van der Waals surface area contributed by atoms with Gasteiger partial charge in [0.1, 0.15) is 6.61 Å². The van der Waals surface area contributed by atoms with Crippen molar-refractivity contribution in [1.29, 1.82) is 0 Å². The van der Waals surface area contributed by atoms with E-state index in [1.54, 1.807) is 24.5 Å². The molecule has 0 atom stereocenters. The zero-order valence-corrected chi connectivity index (χ0v) is 14.8. The van der Waals surface area contributed by atoms with E-state index < -0.39 is 0 Å². The van der Waals surface area contributed by atoms with Crippen LogP contribution < -0.4 is 0 Å². The molecule has 0 aliphatic carbocycles. The first-order valence-electron chi connectivity index (χ1n) is 9.25. The largest absolute Gasteiger partial charge is 0.476 e. The molecular weight excluding hydrogens is 326 g/mol. The van der Waals surface area contributed by atoms with Gasteiger partial charge in [0.25, 0.3) is 5.91 Å². The van der Waals surface area contributed by atoms with Crippen molar-refractivity contribution in [2.24, 2.45) is 10.9 Å². The Hall–Kier alpha value is -2.69. The van der Waals surface area contributed by atoms with Crippen molar-refractivity contribution in [2.75, 3.05) is 26.2 Å². The van der Waals surface area contributed by atoms with E-state index in [0.29, 0.717) is 12.5 Å². The van der Waals surface area contributed by atoms with Crippen molar-refractivity contribution in [2.45, 2.75) is 19.3 Å². The zero-order valence-electron chi connectivity index (χ0n) is 14.8. The lowest BCUT2D eigenvalue weighted by molar-refractivity contribution is 0.0690. The summed E-state index contributed by atoms with van der Waals surface area (Å²) in [5.41, 5.74) is 3.13. The van der Waals surface area contributed by atoms with Gasteiger partial charge in [-0.2, -0.15) is 0 Å². The first-order valence-corrected chi connectivity index (χ1v) is 9.25. The molecule has 0 N–H and O–H groups in total. The highest BCUT2D eigenvalue weighted by atomic mass is 16.5. The van der Waals surface area contributed by atoms with Crippen molar-refractivity contribution in [3.05, 3.63) is 65.5 Å². The van der Waals surface area contributed by atoms with E-state index in [2.05, 4.69) is 34.2 Å². The van der Waals surface area contributed by atoms with Gasteiger partial charge in [-0.05, 0) is 55.0 Å². The van der Waals surface area contributed by atoms with Crippen molar-refractivity contribution in [1.82, 2.24) is 9.88 Å². The molecule has 1 saturated heterocycles. The second-order valence-electron chi connectivity index (χ2n) is 6.91. The summed E-state index contributed by atoms with van der Waals surface area (Å²) in [5, 5.41) is 0. The summed E-state index contributed by atoms with van der Waals surface area (Å²) in [6.45, 7) is 3.10. The minimum atomic E-state index is 0.118. The highest BCUT2D eigenvalue weighted by Gasteiger charge is 2.23. The average Bonchev–Trinajstić information content (AvgIpc) is 3.24. The molecule has 0 unspecified atom stereocenters. The Morgan fingerprint density at radius 3 is 2.46 bits per heavy atom. The molecule has 2 aliphatic rings. The number of amides is 1. The molecule has 0 spiro atoms. The molecule has 5 nitrogen and oxygen atoms in total. The van der Waals surface area contributed by atoms with Crippen LogP contribution in [0, 0.1) is 5.92 Å². The Labute approximate surface area is 153 Å². The Morgan fingerprint density at radius 2 is 1.81 bits per heavy atom. The molecule has 1 fully saturated rings. The number of ether oxygens (including phenoxy) is 1. The molecule has 2 aromatic rings. The maximum absolute atomic E-state index is 12.5. The number of likely N-dealkylation sites (tertiary alicyclic amines) is 1. The first kappa shape index (κ1) is 16.8. The van der Waals surface area contributed by atoms with Crippen molar-refractivity contribution in [3.8, 4) is 0 Å². The molecule has 134 valence electrons. The standard InChI is InChI=1S/C21H23N3O2/c25-21(19-5-9-22-10-6-19)24-12-7-17(8-13-24)15-16-1-3-18(4-2-16)20-23-11-14-26-20/h1-6,9-10,17H,7-8,11-15H2. The van der Waals surface area contributed by atoms with Crippen LogP contribution in [0.25, 0.3) is 0 Å². The van der Waals surface area contributed by atoms with E-state index >= 15 is 0 Å². The van der Waals surface area contributed by atoms with Crippen molar-refractivity contribution < 1.29 is 9.53 Å². The molecule has 0 saturated carbocycles. The number of aliphatic imine (C=N–C) groups is 1. The van der Waals surface area contributed by atoms with Gasteiger partial charge in [0, 0.05) is 36.6 Å². The van der Waals surface area contributed by atoms with Crippen LogP contribution in [0.15, 0.2) is 53.8 Å². The summed E-state index contributed by atoms with van der Waals surface area (Å²) in [4.78, 5) is 22.8. The van der Waals surface area contributed by atoms with Crippen LogP contribution in [0.5, 0.6) is 0 Å². The number of hydrogen-bond acceptors (Lipinski definition) is 4. The minimum Gasteiger partial charge on any atom is -0.476 e. The predicted octanol–water partition coefficient (Wildman–Crippen LogP) is 2.95. The lowest BCUT2D eigenvalue weighted by Crippen LogP contribution is -2.38. The Kier molecular flexibility index (Phi) is 4.95. The molecule has 4 rings (SSSR count). The number of carbonyl (C=O) groups is 1. The molecule has 0 radical (unpaired) electrons. The van der Waals surface area contributed by atoms with Crippen LogP contribution >= 0.6 is 0 Å². The predicted molar refractivity (Wildman–Crippen MR) is 100 cm³/mol. The number of rotatable bonds is 4. The Balaban J connectivity index is 1.30. The third kappa shape index (κ3) is 3.77. The monoisotopic (exact) mass is 349 g/mol. The fourth-order valence-electron chi connectivity index (χ4n) is 3.64. The normalized spacial score (nSPS) is 17.7. The van der Waals surface area contributed by atoms with E-state index in [9.17, 15) is 4.79 Å². The highest BCUT2D eigenvalue weighted by molar-refractivity contribution is 5.95. The average molecular weight is 349 g/mol. The molecule has 1 aromatic heterocycles. The van der Waals surface area contributed by atoms with Crippen LogP contribution in [0.3, 0.4) is 0 Å². The number of benzene rings is 1. The molecule has 3 heterocycles. The zero-order chi connectivity index (χ0) is 17.8. The van der Waals surface area contributed by atoms with E-state index in [-0.39, 0.29) is 5.91 Å². The summed E-state index contributed by atoms with van der Waals surface area (Å²) in [7, 11) is 0.